The molecule has 0 aliphatic carbocycles. The lowest BCUT2D eigenvalue weighted by molar-refractivity contribution is -0.118. The molecule has 0 atom stereocenters. The van der Waals surface area contributed by atoms with Crippen LogP contribution in [0.15, 0.2) is 23.1 Å². The summed E-state index contributed by atoms with van der Waals surface area (Å²) in [7, 11) is -1.72. The first-order chi connectivity index (χ1) is 9.81. The first-order valence-electron chi connectivity index (χ1n) is 6.48. The molecule has 0 unspecified atom stereocenters. The molecule has 1 aromatic heterocycles. The summed E-state index contributed by atoms with van der Waals surface area (Å²) in [6.07, 6.45) is 0. The van der Waals surface area contributed by atoms with E-state index in [2.05, 4.69) is 15.0 Å². The van der Waals surface area contributed by atoms with Crippen molar-refractivity contribution in [2.24, 2.45) is 7.05 Å². The van der Waals surface area contributed by atoms with Crippen molar-refractivity contribution in [3.05, 3.63) is 24.0 Å². The molecule has 1 aromatic carbocycles. The van der Waals surface area contributed by atoms with Gasteiger partial charge in [-0.15, -0.1) is 0 Å². The Kier molecular flexibility index (Phi) is 4.29. The van der Waals surface area contributed by atoms with Gasteiger partial charge in [-0.25, -0.2) is 18.1 Å². The van der Waals surface area contributed by atoms with Gasteiger partial charge in [0.05, 0.1) is 15.9 Å². The zero-order valence-electron chi connectivity index (χ0n) is 12.2. The van der Waals surface area contributed by atoms with Gasteiger partial charge in [0, 0.05) is 27.1 Å². The molecule has 21 heavy (non-hydrogen) atoms. The number of carbonyl (C=O) groups excluding carboxylic acids is 1. The summed E-state index contributed by atoms with van der Waals surface area (Å²) >= 11 is 0. The maximum atomic E-state index is 12.2. The Hall–Kier alpha value is -1.93. The Labute approximate surface area is 123 Å². The molecule has 0 aliphatic heterocycles. The van der Waals surface area contributed by atoms with Gasteiger partial charge in [-0.1, -0.05) is 0 Å². The van der Waals surface area contributed by atoms with Crippen LogP contribution < -0.4 is 10.0 Å². The summed E-state index contributed by atoms with van der Waals surface area (Å²) in [6.45, 7) is 3.63. The molecular weight excluding hydrogens is 292 g/mol. The van der Waals surface area contributed by atoms with E-state index in [0.29, 0.717) is 5.52 Å². The summed E-state index contributed by atoms with van der Waals surface area (Å²) in [5.41, 5.74) is 1.52. The molecule has 1 amide bonds. The zero-order chi connectivity index (χ0) is 15.6. The van der Waals surface area contributed by atoms with Gasteiger partial charge in [0.2, 0.25) is 15.9 Å². The first-order valence-corrected chi connectivity index (χ1v) is 7.97. The van der Waals surface area contributed by atoms with E-state index >= 15 is 0 Å². The first kappa shape index (κ1) is 15.5. The number of sulfonamides is 1. The third-order valence-electron chi connectivity index (χ3n) is 3.18. The third-order valence-corrected chi connectivity index (χ3v) is 4.64. The fourth-order valence-electron chi connectivity index (χ4n) is 1.97. The van der Waals surface area contributed by atoms with E-state index in [9.17, 15) is 13.2 Å². The number of aryl methyl sites for hydroxylation is 2. The molecule has 2 N–H and O–H groups in total. The van der Waals surface area contributed by atoms with Crippen LogP contribution >= 0.6 is 0 Å². The topological polar surface area (TPSA) is 93.1 Å². The second-order valence-electron chi connectivity index (χ2n) is 4.75. The van der Waals surface area contributed by atoms with Gasteiger partial charge in [0.15, 0.2) is 0 Å². The zero-order valence-corrected chi connectivity index (χ0v) is 13.0. The molecule has 7 nitrogen and oxygen atoms in total. The summed E-state index contributed by atoms with van der Waals surface area (Å²) < 4.78 is 28.6. The van der Waals surface area contributed by atoms with E-state index in [0.717, 1.165) is 11.3 Å². The van der Waals surface area contributed by atoms with E-state index in [1.807, 2.05) is 18.5 Å². The minimum atomic E-state index is -3.60. The Morgan fingerprint density at radius 3 is 2.71 bits per heavy atom. The Morgan fingerprint density at radius 2 is 2.05 bits per heavy atom. The third kappa shape index (κ3) is 3.40. The van der Waals surface area contributed by atoms with Crippen LogP contribution in [0.1, 0.15) is 12.7 Å². The second-order valence-corrected chi connectivity index (χ2v) is 6.52. The van der Waals surface area contributed by atoms with Gasteiger partial charge in [-0.3, -0.25) is 4.79 Å². The number of benzene rings is 1. The SMILES string of the molecule is CC(=O)NCCNS(=O)(=O)c1ccc2c(c1)nc(C)n2C. The summed E-state index contributed by atoms with van der Waals surface area (Å²) in [6, 6.07) is 4.82. The molecule has 0 fully saturated rings. The number of hydrogen-bond donors (Lipinski definition) is 2. The maximum Gasteiger partial charge on any atom is 0.240 e. The number of imidazole rings is 1. The van der Waals surface area contributed by atoms with Crippen LogP contribution in [0.25, 0.3) is 11.0 Å². The summed E-state index contributed by atoms with van der Waals surface area (Å²) in [4.78, 5) is 15.2. The lowest BCUT2D eigenvalue weighted by Crippen LogP contribution is -2.33. The molecule has 114 valence electrons. The number of rotatable bonds is 5. The van der Waals surface area contributed by atoms with Crippen LogP contribution in [0.5, 0.6) is 0 Å². The molecule has 0 saturated carbocycles. The van der Waals surface area contributed by atoms with E-state index in [4.69, 9.17) is 0 Å². The number of hydrogen-bond acceptors (Lipinski definition) is 4. The highest BCUT2D eigenvalue weighted by atomic mass is 32.2. The molecule has 2 rings (SSSR count). The minimum Gasteiger partial charge on any atom is -0.355 e. The highest BCUT2D eigenvalue weighted by Gasteiger charge is 2.15. The van der Waals surface area contributed by atoms with E-state index in [-0.39, 0.29) is 23.9 Å². The fraction of sp³-hybridized carbons (Fsp3) is 0.385. The number of nitrogens with zero attached hydrogens (tertiary/aromatic N) is 2. The Morgan fingerprint density at radius 1 is 1.33 bits per heavy atom. The summed E-state index contributed by atoms with van der Waals surface area (Å²) in [5, 5.41) is 2.53. The summed E-state index contributed by atoms with van der Waals surface area (Å²) in [5.74, 6) is 0.623. The quantitative estimate of drug-likeness (QED) is 0.777. The predicted molar refractivity (Wildman–Crippen MR) is 79.3 cm³/mol. The lowest BCUT2D eigenvalue weighted by Gasteiger charge is -2.07. The van der Waals surface area contributed by atoms with Crippen molar-refractivity contribution in [1.82, 2.24) is 19.6 Å². The van der Waals surface area contributed by atoms with Crippen molar-refractivity contribution in [2.75, 3.05) is 13.1 Å². The molecule has 0 spiro atoms. The molecule has 0 aliphatic rings. The number of amides is 1. The largest absolute Gasteiger partial charge is 0.355 e. The van der Waals surface area contributed by atoms with Crippen LogP contribution in [0.2, 0.25) is 0 Å². The average Bonchev–Trinajstić information content (AvgIpc) is 2.70. The molecule has 0 bridgehead atoms. The van der Waals surface area contributed by atoms with Gasteiger partial charge in [0.1, 0.15) is 5.82 Å². The van der Waals surface area contributed by atoms with Gasteiger partial charge in [0.25, 0.3) is 0 Å². The van der Waals surface area contributed by atoms with Crippen molar-refractivity contribution in [2.45, 2.75) is 18.7 Å². The Balaban J connectivity index is 2.18. The van der Waals surface area contributed by atoms with E-state index in [1.54, 1.807) is 18.2 Å². The van der Waals surface area contributed by atoms with Crippen LogP contribution in [0.3, 0.4) is 0 Å². The molecule has 2 aromatic rings. The highest BCUT2D eigenvalue weighted by molar-refractivity contribution is 7.89. The standard InChI is InChI=1S/C13H18N4O3S/c1-9-16-12-8-11(4-5-13(12)17(9)3)21(19,20)15-7-6-14-10(2)18/h4-5,8,15H,6-7H2,1-3H3,(H,14,18). The van der Waals surface area contributed by atoms with E-state index < -0.39 is 10.0 Å². The normalized spacial score (nSPS) is 11.8. The molecule has 1 heterocycles. The Bertz CT molecular complexity index is 780. The lowest BCUT2D eigenvalue weighted by atomic mass is 10.3. The average molecular weight is 310 g/mol. The van der Waals surface area contributed by atoms with Crippen molar-refractivity contribution in [3.8, 4) is 0 Å². The van der Waals surface area contributed by atoms with Gasteiger partial charge >= 0.3 is 0 Å². The van der Waals surface area contributed by atoms with Crippen molar-refractivity contribution in [1.29, 1.82) is 0 Å². The van der Waals surface area contributed by atoms with Crippen molar-refractivity contribution >= 4 is 27.0 Å². The number of fused-ring (bicyclic) bond motifs is 1. The van der Waals surface area contributed by atoms with Crippen LogP contribution in [0, 0.1) is 6.92 Å². The second kappa shape index (κ2) is 5.82. The monoisotopic (exact) mass is 310 g/mol. The molecule has 8 heteroatoms. The minimum absolute atomic E-state index is 0.140. The highest BCUT2D eigenvalue weighted by Crippen LogP contribution is 2.19. The smallest absolute Gasteiger partial charge is 0.240 e. The number of aromatic nitrogens is 2. The van der Waals surface area contributed by atoms with Crippen LogP contribution in [0.4, 0.5) is 0 Å². The van der Waals surface area contributed by atoms with Crippen molar-refractivity contribution in [3.63, 3.8) is 0 Å². The van der Waals surface area contributed by atoms with E-state index in [1.165, 1.54) is 6.92 Å². The molecular formula is C13H18N4O3S. The van der Waals surface area contributed by atoms with Gasteiger partial charge < -0.3 is 9.88 Å². The van der Waals surface area contributed by atoms with Gasteiger partial charge in [-0.05, 0) is 25.1 Å². The van der Waals surface area contributed by atoms with Gasteiger partial charge in [-0.2, -0.15) is 0 Å². The van der Waals surface area contributed by atoms with Crippen molar-refractivity contribution < 1.29 is 13.2 Å². The van der Waals surface area contributed by atoms with Crippen LogP contribution in [-0.2, 0) is 21.9 Å². The fourth-order valence-corrected chi connectivity index (χ4v) is 3.03. The number of carbonyl (C=O) groups is 1. The molecule has 0 radical (unpaired) electrons. The maximum absolute atomic E-state index is 12.2. The van der Waals surface area contributed by atoms with Crippen LogP contribution in [-0.4, -0.2) is 37.0 Å². The number of nitrogens with one attached hydrogen (secondary N) is 2. The molecule has 0 saturated heterocycles. The predicted octanol–water partition coefficient (Wildman–Crippen LogP) is 0.296.